The number of hydrogen-bond acceptors (Lipinski definition) is 3. The average molecular weight is 367 g/mol. The molecular weight excluding hydrogens is 336 g/mol. The van der Waals surface area contributed by atoms with Crippen molar-refractivity contribution in [3.05, 3.63) is 35.9 Å². The van der Waals surface area contributed by atoms with Crippen LogP contribution in [0.25, 0.3) is 0 Å². The van der Waals surface area contributed by atoms with Crippen LogP contribution in [0.5, 0.6) is 0 Å². The Morgan fingerprint density at radius 2 is 1.68 bits per heavy atom. The summed E-state index contributed by atoms with van der Waals surface area (Å²) in [5, 5.41) is 0. The molecule has 25 heavy (non-hydrogen) atoms. The Morgan fingerprint density at radius 1 is 1.08 bits per heavy atom. The lowest BCUT2D eigenvalue weighted by Crippen LogP contribution is -2.52. The predicted octanol–water partition coefficient (Wildman–Crippen LogP) is 2.70. The van der Waals surface area contributed by atoms with Gasteiger partial charge in [-0.1, -0.05) is 57.5 Å². The van der Waals surface area contributed by atoms with E-state index in [4.69, 9.17) is 0 Å². The molecule has 0 bridgehead atoms. The van der Waals surface area contributed by atoms with Crippen LogP contribution >= 0.6 is 0 Å². The summed E-state index contributed by atoms with van der Waals surface area (Å²) in [6, 6.07) is 9.85. The van der Waals surface area contributed by atoms with Crippen LogP contribution < -0.4 is 0 Å². The highest BCUT2D eigenvalue weighted by Crippen LogP contribution is 2.27. The van der Waals surface area contributed by atoms with E-state index < -0.39 is 10.0 Å². The van der Waals surface area contributed by atoms with E-state index in [-0.39, 0.29) is 23.5 Å². The fraction of sp³-hybridized carbons (Fsp3) is 0.632. The summed E-state index contributed by atoms with van der Waals surface area (Å²) in [5.41, 5.74) is 1.03. The van der Waals surface area contributed by atoms with Crippen LogP contribution in [0.1, 0.15) is 45.1 Å². The predicted molar refractivity (Wildman–Crippen MR) is 101 cm³/mol. The Morgan fingerprint density at radius 3 is 2.20 bits per heavy atom. The molecule has 1 aliphatic heterocycles. The Labute approximate surface area is 152 Å². The molecule has 1 aromatic rings. The molecule has 1 atom stereocenters. The summed E-state index contributed by atoms with van der Waals surface area (Å²) in [7, 11) is -3.19. The number of sulfonamides is 1. The molecule has 1 heterocycles. The first-order chi connectivity index (χ1) is 11.9. The second-order valence-electron chi connectivity index (χ2n) is 7.03. The van der Waals surface area contributed by atoms with E-state index in [1.807, 2.05) is 42.2 Å². The van der Waals surface area contributed by atoms with Crippen LogP contribution in [0.2, 0.25) is 0 Å². The molecule has 0 aliphatic carbocycles. The van der Waals surface area contributed by atoms with Gasteiger partial charge in [0.25, 0.3) is 0 Å². The van der Waals surface area contributed by atoms with Gasteiger partial charge in [-0.15, -0.1) is 0 Å². The van der Waals surface area contributed by atoms with Crippen LogP contribution in [-0.4, -0.2) is 55.5 Å². The highest BCUT2D eigenvalue weighted by molar-refractivity contribution is 7.89. The minimum atomic E-state index is -3.19. The molecule has 0 spiro atoms. The monoisotopic (exact) mass is 366 g/mol. The lowest BCUT2D eigenvalue weighted by atomic mass is 9.87. The van der Waals surface area contributed by atoms with Crippen LogP contribution in [0.4, 0.5) is 0 Å². The van der Waals surface area contributed by atoms with Crippen molar-refractivity contribution in [1.82, 2.24) is 9.21 Å². The van der Waals surface area contributed by atoms with Crippen LogP contribution in [0.3, 0.4) is 0 Å². The molecule has 1 fully saturated rings. The molecule has 2 rings (SSSR count). The number of piperazine rings is 1. The minimum absolute atomic E-state index is 0.104. The summed E-state index contributed by atoms with van der Waals surface area (Å²) in [4.78, 5) is 14.8. The molecule has 0 N–H and O–H groups in total. The maximum absolute atomic E-state index is 13.0. The number of benzene rings is 1. The van der Waals surface area contributed by atoms with Crippen LogP contribution in [-0.2, 0) is 14.8 Å². The molecule has 6 heteroatoms. The van der Waals surface area contributed by atoms with Crippen molar-refractivity contribution < 1.29 is 13.2 Å². The average Bonchev–Trinajstić information content (AvgIpc) is 2.61. The highest BCUT2D eigenvalue weighted by atomic mass is 32.2. The van der Waals surface area contributed by atoms with Gasteiger partial charge in [-0.25, -0.2) is 8.42 Å². The minimum Gasteiger partial charge on any atom is -0.340 e. The molecule has 1 aliphatic rings. The van der Waals surface area contributed by atoms with Gasteiger partial charge < -0.3 is 4.90 Å². The van der Waals surface area contributed by atoms with Gasteiger partial charge in [0.1, 0.15) is 0 Å². The van der Waals surface area contributed by atoms with Crippen molar-refractivity contribution in [3.63, 3.8) is 0 Å². The Balaban J connectivity index is 2.03. The van der Waals surface area contributed by atoms with Gasteiger partial charge in [-0.3, -0.25) is 4.79 Å². The first kappa shape index (κ1) is 19.9. The van der Waals surface area contributed by atoms with E-state index in [1.165, 1.54) is 0 Å². The number of carbonyl (C=O) groups excluding carboxylic acids is 1. The second kappa shape index (κ2) is 8.81. The van der Waals surface area contributed by atoms with Crippen LogP contribution in [0.15, 0.2) is 30.3 Å². The molecule has 140 valence electrons. The van der Waals surface area contributed by atoms with Crippen molar-refractivity contribution in [1.29, 1.82) is 0 Å². The van der Waals surface area contributed by atoms with Crippen molar-refractivity contribution in [2.45, 2.75) is 39.5 Å². The van der Waals surface area contributed by atoms with Gasteiger partial charge in [0.05, 0.1) is 11.7 Å². The topological polar surface area (TPSA) is 57.7 Å². The van der Waals surface area contributed by atoms with E-state index in [0.29, 0.717) is 32.6 Å². The molecule has 0 aromatic heterocycles. The lowest BCUT2D eigenvalue weighted by molar-refractivity contribution is -0.135. The third-order valence-electron chi connectivity index (χ3n) is 4.79. The second-order valence-corrected chi connectivity index (χ2v) is 9.11. The highest BCUT2D eigenvalue weighted by Gasteiger charge is 2.33. The smallest absolute Gasteiger partial charge is 0.230 e. The van der Waals surface area contributed by atoms with Crippen LogP contribution in [0, 0.1) is 5.92 Å². The fourth-order valence-electron chi connectivity index (χ4n) is 3.31. The Hall–Kier alpha value is -1.40. The number of hydrogen-bond donors (Lipinski definition) is 0. The molecular formula is C19H30N2O3S. The van der Waals surface area contributed by atoms with Crippen molar-refractivity contribution >= 4 is 15.9 Å². The maximum atomic E-state index is 13.0. The molecule has 0 radical (unpaired) electrons. The SMILES string of the molecule is CCCCS(=O)(=O)N1CCN(C(=O)C(c2ccccc2)C(C)C)CC1. The largest absolute Gasteiger partial charge is 0.340 e. The van der Waals surface area contributed by atoms with Gasteiger partial charge in [0, 0.05) is 26.2 Å². The summed E-state index contributed by atoms with van der Waals surface area (Å²) >= 11 is 0. The molecule has 1 aromatic carbocycles. The summed E-state index contributed by atoms with van der Waals surface area (Å²) < 4.78 is 26.2. The fourth-order valence-corrected chi connectivity index (χ4v) is 4.94. The standard InChI is InChI=1S/C19H30N2O3S/c1-4-5-15-25(23,24)21-13-11-20(12-14-21)19(22)18(16(2)3)17-9-7-6-8-10-17/h6-10,16,18H,4-5,11-15H2,1-3H3. The third kappa shape index (κ3) is 5.05. The zero-order valence-electron chi connectivity index (χ0n) is 15.5. The van der Waals surface area contributed by atoms with E-state index in [0.717, 1.165) is 12.0 Å². The number of unbranched alkanes of at least 4 members (excludes halogenated alkanes) is 1. The van der Waals surface area contributed by atoms with Crippen molar-refractivity contribution in [2.24, 2.45) is 5.92 Å². The maximum Gasteiger partial charge on any atom is 0.230 e. The van der Waals surface area contributed by atoms with Gasteiger partial charge in [-0.2, -0.15) is 4.31 Å². The van der Waals surface area contributed by atoms with E-state index in [9.17, 15) is 13.2 Å². The Kier molecular flexibility index (Phi) is 7.02. The molecule has 0 saturated carbocycles. The van der Waals surface area contributed by atoms with Crippen molar-refractivity contribution in [2.75, 3.05) is 31.9 Å². The first-order valence-corrected chi connectivity index (χ1v) is 10.8. The molecule has 5 nitrogen and oxygen atoms in total. The molecule has 1 unspecified atom stereocenters. The normalized spacial score (nSPS) is 17.7. The quantitative estimate of drug-likeness (QED) is 0.745. The third-order valence-corrected chi connectivity index (χ3v) is 6.75. The first-order valence-electron chi connectivity index (χ1n) is 9.18. The van der Waals surface area contributed by atoms with Gasteiger partial charge in [-0.05, 0) is 17.9 Å². The number of carbonyl (C=O) groups is 1. The number of amides is 1. The van der Waals surface area contributed by atoms with E-state index in [2.05, 4.69) is 13.8 Å². The summed E-state index contributed by atoms with van der Waals surface area (Å²) in [6.07, 6.45) is 1.55. The molecule has 1 saturated heterocycles. The van der Waals surface area contributed by atoms with Gasteiger partial charge >= 0.3 is 0 Å². The molecule has 1 amide bonds. The number of nitrogens with zero attached hydrogens (tertiary/aromatic N) is 2. The zero-order valence-corrected chi connectivity index (χ0v) is 16.3. The summed E-state index contributed by atoms with van der Waals surface area (Å²) in [6.45, 7) is 7.85. The lowest BCUT2D eigenvalue weighted by Gasteiger charge is -2.36. The Bertz CT molecular complexity index is 651. The van der Waals surface area contributed by atoms with Gasteiger partial charge in [0.2, 0.25) is 15.9 Å². The summed E-state index contributed by atoms with van der Waals surface area (Å²) in [5.74, 6) is 0.327. The van der Waals surface area contributed by atoms with E-state index >= 15 is 0 Å². The van der Waals surface area contributed by atoms with Crippen molar-refractivity contribution in [3.8, 4) is 0 Å². The van der Waals surface area contributed by atoms with E-state index in [1.54, 1.807) is 4.31 Å². The zero-order chi connectivity index (χ0) is 18.4. The number of rotatable bonds is 7. The van der Waals surface area contributed by atoms with Gasteiger partial charge in [0.15, 0.2) is 0 Å².